The van der Waals surface area contributed by atoms with E-state index in [1.165, 1.54) is 0 Å². The highest BCUT2D eigenvalue weighted by molar-refractivity contribution is 7.91. The first-order valence-electron chi connectivity index (χ1n) is 14.6. The minimum absolute atomic E-state index is 0.0371. The summed E-state index contributed by atoms with van der Waals surface area (Å²) in [4.78, 5) is 0.329. The zero-order valence-electron chi connectivity index (χ0n) is 27.2. The molecule has 6 nitrogen and oxygen atoms in total. The highest BCUT2D eigenvalue weighted by atomic mass is 32.2. The summed E-state index contributed by atoms with van der Waals surface area (Å²) in [6, 6.07) is 7.04. The number of sulfone groups is 1. The van der Waals surface area contributed by atoms with E-state index in [1.54, 1.807) is 25.3 Å². The number of rotatable bonds is 13. The van der Waals surface area contributed by atoms with Gasteiger partial charge in [0.2, 0.25) is 0 Å². The maximum Gasteiger partial charge on any atom is 0.192 e. The minimum atomic E-state index is -3.54. The van der Waals surface area contributed by atoms with Gasteiger partial charge in [-0.1, -0.05) is 65.3 Å². The number of methoxy groups -OCH3 is 1. The molecule has 0 unspecified atom stereocenters. The predicted octanol–water partition coefficient (Wildman–Crippen LogP) is 7.55. The third-order valence-electron chi connectivity index (χ3n) is 9.28. The molecular weight excluding hydrogens is 557 g/mol. The maximum absolute atomic E-state index is 13.5. The van der Waals surface area contributed by atoms with Gasteiger partial charge in [0.25, 0.3) is 0 Å². The summed E-state index contributed by atoms with van der Waals surface area (Å²) >= 11 is 0. The molecule has 0 saturated carbocycles. The number of hydrogen-bond acceptors (Lipinski definition) is 6. The van der Waals surface area contributed by atoms with Crippen LogP contribution in [0.4, 0.5) is 0 Å². The molecule has 1 heterocycles. The Morgan fingerprint density at radius 2 is 1.52 bits per heavy atom. The van der Waals surface area contributed by atoms with Crippen molar-refractivity contribution < 1.29 is 26.7 Å². The first-order chi connectivity index (χ1) is 18.1. The van der Waals surface area contributed by atoms with E-state index in [9.17, 15) is 8.42 Å². The fraction of sp³-hybridized carbons (Fsp3) is 0.742. The van der Waals surface area contributed by atoms with Crippen LogP contribution >= 0.6 is 0 Å². The van der Waals surface area contributed by atoms with Crippen LogP contribution in [0.15, 0.2) is 41.8 Å². The maximum atomic E-state index is 13.5. The Morgan fingerprint density at radius 3 is 2.00 bits per heavy atom. The molecule has 40 heavy (non-hydrogen) atoms. The Bertz CT molecular complexity index is 1070. The molecule has 0 aromatic heterocycles. The van der Waals surface area contributed by atoms with E-state index in [-0.39, 0.29) is 46.2 Å². The molecule has 1 aromatic rings. The zero-order valence-corrected chi connectivity index (χ0v) is 30.0. The molecule has 1 saturated heterocycles. The second-order valence-corrected chi connectivity index (χ2v) is 26.1. The van der Waals surface area contributed by atoms with Gasteiger partial charge in [0, 0.05) is 19.4 Å². The van der Waals surface area contributed by atoms with Gasteiger partial charge in [-0.25, -0.2) is 8.42 Å². The van der Waals surface area contributed by atoms with Gasteiger partial charge in [-0.15, -0.1) is 6.58 Å². The normalized spacial score (nSPS) is 23.8. The molecule has 9 heteroatoms. The average molecular weight is 613 g/mol. The van der Waals surface area contributed by atoms with Crippen LogP contribution in [0.3, 0.4) is 0 Å². The van der Waals surface area contributed by atoms with Gasteiger partial charge < -0.3 is 18.3 Å². The van der Waals surface area contributed by atoms with Crippen molar-refractivity contribution in [3.8, 4) is 0 Å². The Balaban J connectivity index is 2.36. The Kier molecular flexibility index (Phi) is 11.7. The average Bonchev–Trinajstić information content (AvgIpc) is 3.11. The smallest absolute Gasteiger partial charge is 0.192 e. The lowest BCUT2D eigenvalue weighted by molar-refractivity contribution is -0.0357. The molecule has 1 fully saturated rings. The molecule has 0 N–H and O–H groups in total. The molecule has 0 spiro atoms. The van der Waals surface area contributed by atoms with Gasteiger partial charge >= 0.3 is 0 Å². The second-order valence-electron chi connectivity index (χ2n) is 14.5. The van der Waals surface area contributed by atoms with Crippen molar-refractivity contribution in [3.63, 3.8) is 0 Å². The van der Waals surface area contributed by atoms with Crippen molar-refractivity contribution in [2.75, 3.05) is 19.5 Å². The quantitative estimate of drug-likeness (QED) is 0.169. The first-order valence-corrected chi connectivity index (χ1v) is 22.0. The van der Waals surface area contributed by atoms with Crippen molar-refractivity contribution in [2.45, 2.75) is 127 Å². The monoisotopic (exact) mass is 612 g/mol. The largest absolute Gasteiger partial charge is 0.414 e. The Labute approximate surface area is 247 Å². The number of benzene rings is 1. The van der Waals surface area contributed by atoms with Crippen LogP contribution in [0.1, 0.15) is 59.9 Å². The van der Waals surface area contributed by atoms with Crippen LogP contribution in [-0.4, -0.2) is 68.9 Å². The molecule has 2 rings (SSSR count). The second kappa shape index (κ2) is 13.2. The fourth-order valence-electron chi connectivity index (χ4n) is 4.62. The summed E-state index contributed by atoms with van der Waals surface area (Å²) in [7, 11) is -6.02. The van der Waals surface area contributed by atoms with Crippen LogP contribution in [0.5, 0.6) is 0 Å². The van der Waals surface area contributed by atoms with Crippen molar-refractivity contribution >= 4 is 26.5 Å². The van der Waals surface area contributed by atoms with Crippen molar-refractivity contribution in [1.82, 2.24) is 0 Å². The standard InChI is InChI=1S/C31H56O6SSi2/c1-14-15-27-26(22-38(32,33)25-18-16-23(2)17-19-25)29(34-9)28(36-27)20-24(37-40(12,13)31(6,7)8)21-35-39(10,11)30(3,4)5/h14,16-19,24,26-29H,1,15,20-22H2,2-13H3/t24-,26-,27-,28+,29+/m0/s1. The van der Waals surface area contributed by atoms with E-state index in [0.717, 1.165) is 5.56 Å². The molecule has 0 radical (unpaired) electrons. The molecule has 0 bridgehead atoms. The third kappa shape index (κ3) is 8.85. The van der Waals surface area contributed by atoms with E-state index in [0.29, 0.717) is 24.3 Å². The van der Waals surface area contributed by atoms with Crippen LogP contribution in [-0.2, 0) is 28.2 Å². The molecule has 0 amide bonds. The lowest BCUT2D eigenvalue weighted by Crippen LogP contribution is -2.49. The van der Waals surface area contributed by atoms with Crippen molar-refractivity contribution in [3.05, 3.63) is 42.5 Å². The van der Waals surface area contributed by atoms with E-state index >= 15 is 0 Å². The highest BCUT2D eigenvalue weighted by Crippen LogP contribution is 2.41. The van der Waals surface area contributed by atoms with Crippen LogP contribution in [0, 0.1) is 12.8 Å². The van der Waals surface area contributed by atoms with Crippen molar-refractivity contribution in [1.29, 1.82) is 0 Å². The Hall–Kier alpha value is -0.816. The van der Waals surface area contributed by atoms with Crippen LogP contribution in [0.25, 0.3) is 0 Å². The van der Waals surface area contributed by atoms with Crippen molar-refractivity contribution in [2.24, 2.45) is 5.92 Å². The van der Waals surface area contributed by atoms with Crippen LogP contribution in [0.2, 0.25) is 36.3 Å². The van der Waals surface area contributed by atoms with E-state index < -0.39 is 26.5 Å². The van der Waals surface area contributed by atoms with Gasteiger partial charge in [-0.05, 0) is 61.7 Å². The minimum Gasteiger partial charge on any atom is -0.414 e. The summed E-state index contributed by atoms with van der Waals surface area (Å²) < 4.78 is 53.1. The zero-order chi connectivity index (χ0) is 30.7. The first kappa shape index (κ1) is 35.4. The van der Waals surface area contributed by atoms with Gasteiger partial charge in [0.15, 0.2) is 26.5 Å². The number of aryl methyl sites for hydroxylation is 1. The Morgan fingerprint density at radius 1 is 0.975 bits per heavy atom. The van der Waals surface area contributed by atoms with Gasteiger partial charge in [0.05, 0.1) is 41.7 Å². The molecule has 5 atom stereocenters. The van der Waals surface area contributed by atoms with E-state index in [2.05, 4.69) is 74.3 Å². The fourth-order valence-corrected chi connectivity index (χ4v) is 8.66. The topological polar surface area (TPSA) is 71.1 Å². The highest BCUT2D eigenvalue weighted by Gasteiger charge is 2.48. The summed E-state index contributed by atoms with van der Waals surface area (Å²) in [5.41, 5.74) is 1.02. The molecule has 1 aliphatic heterocycles. The molecule has 230 valence electrons. The molecule has 1 aliphatic rings. The number of ether oxygens (including phenoxy) is 2. The van der Waals surface area contributed by atoms with E-state index in [1.807, 2.05) is 19.1 Å². The lowest BCUT2D eigenvalue weighted by atomic mass is 9.94. The van der Waals surface area contributed by atoms with Crippen LogP contribution < -0.4 is 0 Å². The van der Waals surface area contributed by atoms with Gasteiger partial charge in [-0.2, -0.15) is 0 Å². The van der Waals surface area contributed by atoms with Gasteiger partial charge in [-0.3, -0.25) is 0 Å². The lowest BCUT2D eigenvalue weighted by Gasteiger charge is -2.42. The number of hydrogen-bond donors (Lipinski definition) is 0. The summed E-state index contributed by atoms with van der Waals surface area (Å²) in [6.07, 6.45) is 1.74. The summed E-state index contributed by atoms with van der Waals surface area (Å²) in [5.74, 6) is -0.369. The molecular formula is C31H56O6SSi2. The van der Waals surface area contributed by atoms with E-state index in [4.69, 9.17) is 18.3 Å². The predicted molar refractivity (Wildman–Crippen MR) is 171 cm³/mol. The summed E-state index contributed by atoms with van der Waals surface area (Å²) in [5, 5.41) is 0.118. The molecule has 1 aromatic carbocycles. The SMILES string of the molecule is C=CC[C@@H]1O[C@H](C[C@@H](CO[Si](C)(C)C(C)(C)C)O[Si](C)(C)C(C)(C)C)[C@H](OC)[C@H]1CS(=O)(=O)c1ccc(C)cc1. The molecule has 0 aliphatic carbocycles. The third-order valence-corrected chi connectivity index (χ3v) is 20.1. The van der Waals surface area contributed by atoms with Gasteiger partial charge in [0.1, 0.15) is 0 Å². The summed E-state index contributed by atoms with van der Waals surface area (Å²) in [6.45, 7) is 28.8.